The first-order chi connectivity index (χ1) is 17.0. The Morgan fingerprint density at radius 3 is 2.74 bits per heavy atom. The highest BCUT2D eigenvalue weighted by Crippen LogP contribution is 2.52. The molecule has 1 fully saturated rings. The van der Waals surface area contributed by atoms with Crippen LogP contribution in [0.15, 0.2) is 42.6 Å². The number of anilines is 1. The van der Waals surface area contributed by atoms with Gasteiger partial charge in [0, 0.05) is 40.9 Å². The molecule has 2 atom stereocenters. The highest BCUT2D eigenvalue weighted by atomic mass is 16.5. The molecule has 1 amide bonds. The number of para-hydroxylation sites is 1. The predicted octanol–water partition coefficient (Wildman–Crippen LogP) is 4.84. The maximum Gasteiger partial charge on any atom is 0.235 e. The molecule has 3 aromatic rings. The van der Waals surface area contributed by atoms with Crippen LogP contribution in [0.25, 0.3) is 10.9 Å². The largest absolute Gasteiger partial charge is 0.490 e. The summed E-state index contributed by atoms with van der Waals surface area (Å²) in [6, 6.07) is 12.5. The van der Waals surface area contributed by atoms with E-state index >= 15 is 0 Å². The fourth-order valence-electron chi connectivity index (χ4n) is 5.97. The van der Waals surface area contributed by atoms with Crippen molar-refractivity contribution in [1.29, 1.82) is 0 Å². The van der Waals surface area contributed by atoms with Gasteiger partial charge in [0.15, 0.2) is 0 Å². The number of aromatic amines is 1. The van der Waals surface area contributed by atoms with Crippen molar-refractivity contribution in [3.8, 4) is 5.75 Å². The molecule has 1 spiro atoms. The van der Waals surface area contributed by atoms with Crippen molar-refractivity contribution in [3.05, 3.63) is 59.3 Å². The van der Waals surface area contributed by atoms with E-state index in [2.05, 4.69) is 53.9 Å². The van der Waals surface area contributed by atoms with Crippen LogP contribution in [0.5, 0.6) is 5.75 Å². The molecule has 0 saturated heterocycles. The van der Waals surface area contributed by atoms with Crippen molar-refractivity contribution < 1.29 is 14.6 Å². The van der Waals surface area contributed by atoms with Gasteiger partial charge in [-0.1, -0.05) is 50.5 Å². The average Bonchev–Trinajstić information content (AvgIpc) is 3.57. The highest BCUT2D eigenvalue weighted by Gasteiger charge is 2.50. The Kier molecular flexibility index (Phi) is 6.85. The molecule has 2 aliphatic rings. The van der Waals surface area contributed by atoms with E-state index in [-0.39, 0.29) is 18.6 Å². The minimum Gasteiger partial charge on any atom is -0.490 e. The fourth-order valence-corrected chi connectivity index (χ4v) is 5.97. The summed E-state index contributed by atoms with van der Waals surface area (Å²) in [4.78, 5) is 16.2. The molecule has 0 bridgehead atoms. The molecule has 2 unspecified atom stereocenters. The van der Waals surface area contributed by atoms with E-state index in [1.54, 1.807) is 0 Å². The number of aliphatic hydroxyl groups excluding tert-OH is 1. The van der Waals surface area contributed by atoms with E-state index < -0.39 is 11.5 Å². The quantitative estimate of drug-likeness (QED) is 0.338. The minimum atomic E-state index is -0.642. The summed E-state index contributed by atoms with van der Waals surface area (Å²) in [5.41, 5.74) is 5.29. The molecular formula is C29H37N3O3. The van der Waals surface area contributed by atoms with Gasteiger partial charge in [0.05, 0.1) is 5.41 Å². The summed E-state index contributed by atoms with van der Waals surface area (Å²) in [5, 5.41) is 18.4. The number of benzene rings is 2. The Labute approximate surface area is 207 Å². The monoisotopic (exact) mass is 475 g/mol. The maximum absolute atomic E-state index is 12.8. The Morgan fingerprint density at radius 1 is 1.14 bits per heavy atom. The van der Waals surface area contributed by atoms with Crippen LogP contribution in [0.1, 0.15) is 62.6 Å². The molecule has 1 aliphatic heterocycles. The summed E-state index contributed by atoms with van der Waals surface area (Å²) >= 11 is 0. The van der Waals surface area contributed by atoms with E-state index in [0.717, 1.165) is 61.9 Å². The molecule has 1 aromatic heterocycles. The molecule has 35 heavy (non-hydrogen) atoms. The van der Waals surface area contributed by atoms with Gasteiger partial charge in [0.25, 0.3) is 0 Å². The van der Waals surface area contributed by atoms with Crippen molar-refractivity contribution >= 4 is 22.5 Å². The molecule has 2 heterocycles. The van der Waals surface area contributed by atoms with Crippen LogP contribution in [0.3, 0.4) is 0 Å². The minimum absolute atomic E-state index is 0.0937. The number of amides is 1. The first-order valence-corrected chi connectivity index (χ1v) is 13.1. The van der Waals surface area contributed by atoms with Gasteiger partial charge in [0.2, 0.25) is 5.91 Å². The van der Waals surface area contributed by atoms with Crippen molar-refractivity contribution in [3.63, 3.8) is 0 Å². The third-order valence-corrected chi connectivity index (χ3v) is 7.71. The fraction of sp³-hybridized carbons (Fsp3) is 0.483. The van der Waals surface area contributed by atoms with E-state index in [1.165, 1.54) is 22.0 Å². The number of nitrogens with one attached hydrogen (secondary N) is 3. The number of H-pyrrole nitrogens is 1. The Morgan fingerprint density at radius 2 is 1.94 bits per heavy atom. The maximum atomic E-state index is 12.8. The molecule has 1 saturated carbocycles. The van der Waals surface area contributed by atoms with Crippen LogP contribution in [-0.2, 0) is 23.1 Å². The number of carbonyl (C=O) groups excluding carboxylic acids is 1. The normalized spacial score (nSPS) is 18.1. The van der Waals surface area contributed by atoms with Gasteiger partial charge in [0.1, 0.15) is 18.5 Å². The Bertz CT molecular complexity index is 1200. The molecule has 4 N–H and O–H groups in total. The Hall–Kier alpha value is -2.83. The van der Waals surface area contributed by atoms with Gasteiger partial charge in [-0.2, -0.15) is 0 Å². The van der Waals surface area contributed by atoms with E-state index in [1.807, 2.05) is 18.2 Å². The number of aromatic nitrogens is 1. The first kappa shape index (κ1) is 23.9. The molecule has 6 nitrogen and oxygen atoms in total. The average molecular weight is 476 g/mol. The second-order valence-electron chi connectivity index (χ2n) is 10.3. The van der Waals surface area contributed by atoms with Crippen LogP contribution in [0, 0.1) is 0 Å². The van der Waals surface area contributed by atoms with Crippen molar-refractivity contribution in [2.45, 2.75) is 76.4 Å². The number of aliphatic hydroxyl groups is 1. The number of hydrogen-bond acceptors (Lipinski definition) is 4. The first-order valence-electron chi connectivity index (χ1n) is 13.1. The second-order valence-corrected chi connectivity index (χ2v) is 10.3. The predicted molar refractivity (Wildman–Crippen MR) is 140 cm³/mol. The van der Waals surface area contributed by atoms with Crippen molar-refractivity contribution in [1.82, 2.24) is 10.3 Å². The lowest BCUT2D eigenvalue weighted by Gasteiger charge is -2.24. The SMILES string of the molecule is CCCc1cccc2c(CC(C)NCC(O)COc3cccc4c3C3(CCCC3)C(=O)N4)c[nH]c12. The zero-order valence-corrected chi connectivity index (χ0v) is 20.8. The molecule has 0 radical (unpaired) electrons. The zero-order chi connectivity index (χ0) is 24.4. The summed E-state index contributed by atoms with van der Waals surface area (Å²) in [6.07, 6.45) is 8.40. The van der Waals surface area contributed by atoms with Crippen molar-refractivity contribution in [2.24, 2.45) is 0 Å². The third-order valence-electron chi connectivity index (χ3n) is 7.71. The lowest BCUT2D eigenvalue weighted by molar-refractivity contribution is -0.120. The molecule has 2 aromatic carbocycles. The lowest BCUT2D eigenvalue weighted by atomic mass is 9.79. The highest BCUT2D eigenvalue weighted by molar-refractivity contribution is 6.07. The number of rotatable bonds is 10. The van der Waals surface area contributed by atoms with Gasteiger partial charge >= 0.3 is 0 Å². The molecule has 6 heteroatoms. The Balaban J connectivity index is 1.17. The van der Waals surface area contributed by atoms with Crippen LogP contribution in [0.2, 0.25) is 0 Å². The van der Waals surface area contributed by atoms with E-state index in [4.69, 9.17) is 4.74 Å². The zero-order valence-electron chi connectivity index (χ0n) is 20.8. The van der Waals surface area contributed by atoms with Crippen LogP contribution < -0.4 is 15.4 Å². The van der Waals surface area contributed by atoms with E-state index in [9.17, 15) is 9.90 Å². The van der Waals surface area contributed by atoms with Gasteiger partial charge in [-0.15, -0.1) is 0 Å². The lowest BCUT2D eigenvalue weighted by Crippen LogP contribution is -2.37. The van der Waals surface area contributed by atoms with Gasteiger partial charge in [-0.05, 0) is 55.9 Å². The smallest absolute Gasteiger partial charge is 0.235 e. The third kappa shape index (κ3) is 4.57. The summed E-state index contributed by atoms with van der Waals surface area (Å²) in [7, 11) is 0. The number of aryl methyl sites for hydroxylation is 1. The number of carbonyl (C=O) groups is 1. The number of ether oxygens (including phenoxy) is 1. The molecule has 1 aliphatic carbocycles. The van der Waals surface area contributed by atoms with Crippen LogP contribution in [-0.4, -0.2) is 41.3 Å². The standard InChI is InChI=1S/C29H37N3O3/c1-3-8-20-9-6-10-23-21(16-31-27(20)23)15-19(2)30-17-22(33)18-35-25-12-7-11-24-26(25)29(28(34)32-24)13-4-5-14-29/h6-7,9-12,16,19,22,30-31,33H,3-5,8,13-15,17-18H2,1-2H3,(H,32,34). The van der Waals surface area contributed by atoms with Gasteiger partial charge in [-0.25, -0.2) is 0 Å². The number of fused-ring (bicyclic) bond motifs is 3. The van der Waals surface area contributed by atoms with Crippen LogP contribution >= 0.6 is 0 Å². The molecular weight excluding hydrogens is 438 g/mol. The topological polar surface area (TPSA) is 86.4 Å². The van der Waals surface area contributed by atoms with Crippen molar-refractivity contribution in [2.75, 3.05) is 18.5 Å². The van der Waals surface area contributed by atoms with Crippen LogP contribution in [0.4, 0.5) is 5.69 Å². The van der Waals surface area contributed by atoms with Gasteiger partial charge in [-0.3, -0.25) is 4.79 Å². The van der Waals surface area contributed by atoms with Gasteiger partial charge < -0.3 is 25.5 Å². The summed E-state index contributed by atoms with van der Waals surface area (Å²) in [6.45, 7) is 4.99. The molecule has 186 valence electrons. The summed E-state index contributed by atoms with van der Waals surface area (Å²) in [5.74, 6) is 0.813. The molecule has 5 rings (SSSR count). The summed E-state index contributed by atoms with van der Waals surface area (Å²) < 4.78 is 6.09. The van der Waals surface area contributed by atoms with E-state index in [0.29, 0.717) is 6.54 Å². The number of hydrogen-bond donors (Lipinski definition) is 4. The second kappa shape index (κ2) is 10.0.